The van der Waals surface area contributed by atoms with E-state index in [1.54, 1.807) is 0 Å². The Bertz CT molecular complexity index is 421. The van der Waals surface area contributed by atoms with E-state index in [1.807, 2.05) is 0 Å². The number of hydrogen-bond donors (Lipinski definition) is 1. The van der Waals surface area contributed by atoms with Gasteiger partial charge in [-0.05, 0) is 58.6 Å². The van der Waals surface area contributed by atoms with Gasteiger partial charge in [-0.2, -0.15) is 0 Å². The van der Waals surface area contributed by atoms with E-state index in [-0.39, 0.29) is 5.54 Å². The summed E-state index contributed by atoms with van der Waals surface area (Å²) in [6.07, 6.45) is 2.69. The Morgan fingerprint density at radius 2 is 1.86 bits per heavy atom. The molecule has 1 aromatic rings. The first-order valence-corrected chi connectivity index (χ1v) is 8.44. The van der Waals surface area contributed by atoms with E-state index in [0.717, 1.165) is 12.5 Å². The van der Waals surface area contributed by atoms with Crippen molar-refractivity contribution in [3.8, 4) is 0 Å². The van der Waals surface area contributed by atoms with Gasteiger partial charge < -0.3 is 5.32 Å². The van der Waals surface area contributed by atoms with E-state index in [0.29, 0.717) is 12.1 Å². The zero-order valence-electron chi connectivity index (χ0n) is 14.4. The number of hydrogen-bond acceptors (Lipinski definition) is 2. The Labute approximate surface area is 130 Å². The molecule has 1 N–H and O–H groups in total. The van der Waals surface area contributed by atoms with E-state index in [1.165, 1.54) is 24.9 Å². The molecule has 0 aliphatic carbocycles. The van der Waals surface area contributed by atoms with Crippen molar-refractivity contribution >= 4 is 0 Å². The Balaban J connectivity index is 2.19. The lowest BCUT2D eigenvalue weighted by molar-refractivity contribution is 0.0642. The van der Waals surface area contributed by atoms with Crippen LogP contribution in [0, 0.1) is 5.92 Å². The molecule has 1 fully saturated rings. The molecule has 1 aliphatic heterocycles. The first-order chi connectivity index (χ1) is 9.88. The van der Waals surface area contributed by atoms with Crippen molar-refractivity contribution in [1.82, 2.24) is 10.2 Å². The fourth-order valence-electron chi connectivity index (χ4n) is 3.31. The highest BCUT2D eigenvalue weighted by atomic mass is 15.2. The highest BCUT2D eigenvalue weighted by Crippen LogP contribution is 2.31. The normalized spacial score (nSPS) is 25.8. The summed E-state index contributed by atoms with van der Waals surface area (Å²) in [7, 11) is 0. The molecule has 0 aromatic heterocycles. The summed E-state index contributed by atoms with van der Waals surface area (Å²) in [6.45, 7) is 13.8. The van der Waals surface area contributed by atoms with Crippen molar-refractivity contribution in [1.29, 1.82) is 0 Å². The molecule has 1 heterocycles. The highest BCUT2D eigenvalue weighted by Gasteiger charge is 2.31. The summed E-state index contributed by atoms with van der Waals surface area (Å²) >= 11 is 0. The van der Waals surface area contributed by atoms with Crippen molar-refractivity contribution in [2.75, 3.05) is 13.1 Å². The first-order valence-electron chi connectivity index (χ1n) is 8.44. The third kappa shape index (κ3) is 4.55. The summed E-state index contributed by atoms with van der Waals surface area (Å²) < 4.78 is 0. The van der Waals surface area contributed by atoms with Crippen molar-refractivity contribution in [2.24, 2.45) is 5.92 Å². The minimum Gasteiger partial charge on any atom is -0.310 e. The SMILES string of the molecule is CC1CCCN(C(CNC(C)(C)C)c2ccccc2)C1C. The molecule has 21 heavy (non-hydrogen) atoms. The van der Waals surface area contributed by atoms with Gasteiger partial charge in [0.2, 0.25) is 0 Å². The summed E-state index contributed by atoms with van der Waals surface area (Å²) in [4.78, 5) is 2.71. The number of piperidine rings is 1. The maximum absolute atomic E-state index is 3.71. The average Bonchev–Trinajstić information content (AvgIpc) is 2.43. The second-order valence-electron chi connectivity index (χ2n) is 7.66. The van der Waals surface area contributed by atoms with Crippen LogP contribution in [0.1, 0.15) is 59.1 Å². The Kier molecular flexibility index (Phi) is 5.45. The van der Waals surface area contributed by atoms with Crippen LogP contribution in [0.4, 0.5) is 0 Å². The lowest BCUT2D eigenvalue weighted by Crippen LogP contribution is -2.49. The molecule has 0 saturated carbocycles. The molecule has 0 amide bonds. The van der Waals surface area contributed by atoms with E-state index >= 15 is 0 Å². The molecule has 2 nitrogen and oxygen atoms in total. The van der Waals surface area contributed by atoms with Crippen molar-refractivity contribution in [3.05, 3.63) is 35.9 Å². The predicted octanol–water partition coefficient (Wildman–Crippen LogP) is 4.24. The van der Waals surface area contributed by atoms with E-state index in [2.05, 4.69) is 75.2 Å². The molecule has 2 rings (SSSR count). The maximum Gasteiger partial charge on any atom is 0.0475 e. The predicted molar refractivity (Wildman–Crippen MR) is 91.5 cm³/mol. The summed E-state index contributed by atoms with van der Waals surface area (Å²) in [6, 6.07) is 12.1. The van der Waals surface area contributed by atoms with E-state index in [4.69, 9.17) is 0 Å². The van der Waals surface area contributed by atoms with Crippen LogP contribution >= 0.6 is 0 Å². The highest BCUT2D eigenvalue weighted by molar-refractivity contribution is 5.20. The lowest BCUT2D eigenvalue weighted by atomic mass is 9.89. The van der Waals surface area contributed by atoms with Crippen molar-refractivity contribution in [2.45, 2.75) is 65.1 Å². The topological polar surface area (TPSA) is 15.3 Å². The number of benzene rings is 1. The average molecular weight is 288 g/mol. The van der Waals surface area contributed by atoms with Crippen LogP contribution in [0.15, 0.2) is 30.3 Å². The van der Waals surface area contributed by atoms with Gasteiger partial charge in [-0.1, -0.05) is 37.3 Å². The number of nitrogens with zero attached hydrogens (tertiary/aromatic N) is 1. The summed E-state index contributed by atoms with van der Waals surface area (Å²) in [5, 5.41) is 3.71. The molecule has 3 atom stereocenters. The zero-order valence-corrected chi connectivity index (χ0v) is 14.4. The van der Waals surface area contributed by atoms with Crippen LogP contribution < -0.4 is 5.32 Å². The van der Waals surface area contributed by atoms with Gasteiger partial charge in [-0.15, -0.1) is 0 Å². The van der Waals surface area contributed by atoms with Crippen LogP contribution in [-0.4, -0.2) is 29.6 Å². The van der Waals surface area contributed by atoms with Gasteiger partial charge in [-0.25, -0.2) is 0 Å². The Morgan fingerprint density at radius 3 is 2.48 bits per heavy atom. The van der Waals surface area contributed by atoms with Crippen LogP contribution in [0.2, 0.25) is 0 Å². The molecule has 0 spiro atoms. The second kappa shape index (κ2) is 6.93. The molecule has 1 aliphatic rings. The minimum atomic E-state index is 0.164. The molecule has 2 heteroatoms. The number of nitrogens with one attached hydrogen (secondary N) is 1. The monoisotopic (exact) mass is 288 g/mol. The molecule has 118 valence electrons. The maximum atomic E-state index is 3.71. The van der Waals surface area contributed by atoms with E-state index < -0.39 is 0 Å². The molecule has 0 radical (unpaired) electrons. The zero-order chi connectivity index (χ0) is 15.5. The third-order valence-corrected chi connectivity index (χ3v) is 4.83. The number of likely N-dealkylation sites (tertiary alicyclic amines) is 1. The van der Waals surface area contributed by atoms with Gasteiger partial charge in [0.1, 0.15) is 0 Å². The molecule has 1 aromatic carbocycles. The van der Waals surface area contributed by atoms with Gasteiger partial charge >= 0.3 is 0 Å². The summed E-state index contributed by atoms with van der Waals surface area (Å²) in [5.74, 6) is 0.791. The van der Waals surface area contributed by atoms with Crippen molar-refractivity contribution < 1.29 is 0 Å². The fraction of sp³-hybridized carbons (Fsp3) is 0.684. The molecule has 3 unspecified atom stereocenters. The van der Waals surface area contributed by atoms with Gasteiger partial charge in [0.15, 0.2) is 0 Å². The quantitative estimate of drug-likeness (QED) is 0.891. The van der Waals surface area contributed by atoms with Gasteiger partial charge in [-0.3, -0.25) is 4.90 Å². The molecular formula is C19H32N2. The summed E-state index contributed by atoms with van der Waals surface area (Å²) in [5.41, 5.74) is 1.60. The molecule has 0 bridgehead atoms. The first kappa shape index (κ1) is 16.5. The van der Waals surface area contributed by atoms with Gasteiger partial charge in [0, 0.05) is 24.2 Å². The minimum absolute atomic E-state index is 0.164. The third-order valence-electron chi connectivity index (χ3n) is 4.83. The van der Waals surface area contributed by atoms with Gasteiger partial charge in [0.05, 0.1) is 0 Å². The van der Waals surface area contributed by atoms with Crippen LogP contribution in [0.25, 0.3) is 0 Å². The smallest absolute Gasteiger partial charge is 0.0475 e. The van der Waals surface area contributed by atoms with Crippen LogP contribution in [0.5, 0.6) is 0 Å². The van der Waals surface area contributed by atoms with Crippen molar-refractivity contribution in [3.63, 3.8) is 0 Å². The van der Waals surface area contributed by atoms with Gasteiger partial charge in [0.25, 0.3) is 0 Å². The van der Waals surface area contributed by atoms with E-state index in [9.17, 15) is 0 Å². The Morgan fingerprint density at radius 1 is 1.19 bits per heavy atom. The largest absolute Gasteiger partial charge is 0.310 e. The Hall–Kier alpha value is -0.860. The standard InChI is InChI=1S/C19H32N2/c1-15-10-9-13-21(16(15)2)18(14-20-19(3,4)5)17-11-7-6-8-12-17/h6-8,11-12,15-16,18,20H,9-10,13-14H2,1-5H3. The molecular weight excluding hydrogens is 256 g/mol. The number of rotatable bonds is 4. The lowest BCUT2D eigenvalue weighted by Gasteiger charge is -2.44. The molecule has 1 saturated heterocycles. The second-order valence-corrected chi connectivity index (χ2v) is 7.66. The van der Waals surface area contributed by atoms with Crippen LogP contribution in [-0.2, 0) is 0 Å². The van der Waals surface area contributed by atoms with Crippen LogP contribution in [0.3, 0.4) is 0 Å². The fourth-order valence-corrected chi connectivity index (χ4v) is 3.31.